The molecule has 0 fully saturated rings. The van der Waals surface area contributed by atoms with Gasteiger partial charge in [-0.05, 0) is 49.7 Å². The third-order valence-corrected chi connectivity index (χ3v) is 3.53. The van der Waals surface area contributed by atoms with Crippen LogP contribution in [0.2, 0.25) is 0 Å². The van der Waals surface area contributed by atoms with E-state index in [-0.39, 0.29) is 12.5 Å². The van der Waals surface area contributed by atoms with Crippen molar-refractivity contribution >= 4 is 28.1 Å². The van der Waals surface area contributed by atoms with E-state index in [0.717, 1.165) is 15.8 Å². The maximum atomic E-state index is 11.6. The highest BCUT2D eigenvalue weighted by Gasteiger charge is 2.03. The highest BCUT2D eigenvalue weighted by molar-refractivity contribution is 9.10. The fourth-order valence-electron chi connectivity index (χ4n) is 1.58. The summed E-state index contributed by atoms with van der Waals surface area (Å²) in [6.45, 7) is 3.69. The lowest BCUT2D eigenvalue weighted by Crippen LogP contribution is -2.24. The van der Waals surface area contributed by atoms with E-state index in [1.54, 1.807) is 12.1 Å². The SMILES string of the molecule is Cc1ccc(C=NNC(=O)COc2ccc(Br)c(C)c2)o1. The molecule has 0 aliphatic heterocycles. The first kappa shape index (κ1) is 15.3. The normalized spacial score (nSPS) is 10.8. The molecule has 2 rings (SSSR count). The standard InChI is InChI=1S/C15H15BrN2O3/c1-10-7-12(5-6-14(10)16)20-9-15(19)18-17-8-13-4-3-11(2)21-13/h3-8H,9H2,1-2H3,(H,18,19). The van der Waals surface area contributed by atoms with Gasteiger partial charge in [0.15, 0.2) is 6.61 Å². The Morgan fingerprint density at radius 1 is 1.38 bits per heavy atom. The summed E-state index contributed by atoms with van der Waals surface area (Å²) in [5.74, 6) is 1.67. The number of carbonyl (C=O) groups is 1. The molecule has 5 nitrogen and oxygen atoms in total. The highest BCUT2D eigenvalue weighted by Crippen LogP contribution is 2.21. The molecule has 1 aromatic carbocycles. The molecular weight excluding hydrogens is 336 g/mol. The fraction of sp³-hybridized carbons (Fsp3) is 0.200. The Morgan fingerprint density at radius 2 is 2.19 bits per heavy atom. The molecule has 0 aliphatic carbocycles. The molecule has 0 saturated carbocycles. The molecule has 1 N–H and O–H groups in total. The summed E-state index contributed by atoms with van der Waals surface area (Å²) in [6.07, 6.45) is 1.44. The molecule has 110 valence electrons. The second kappa shape index (κ2) is 7.08. The third-order valence-electron chi connectivity index (χ3n) is 2.64. The van der Waals surface area contributed by atoms with E-state index >= 15 is 0 Å². The predicted octanol–water partition coefficient (Wildman–Crippen LogP) is 3.19. The number of halogens is 1. The molecule has 1 heterocycles. The van der Waals surface area contributed by atoms with Crippen LogP contribution in [-0.2, 0) is 4.79 Å². The van der Waals surface area contributed by atoms with Crippen molar-refractivity contribution in [1.29, 1.82) is 0 Å². The van der Waals surface area contributed by atoms with Gasteiger partial charge in [0.1, 0.15) is 17.3 Å². The number of hydrogen-bond donors (Lipinski definition) is 1. The molecule has 1 amide bonds. The number of hydrazone groups is 1. The van der Waals surface area contributed by atoms with Crippen molar-refractivity contribution in [1.82, 2.24) is 5.43 Å². The summed E-state index contributed by atoms with van der Waals surface area (Å²) in [5, 5.41) is 3.79. The average molecular weight is 351 g/mol. The molecule has 6 heteroatoms. The Hall–Kier alpha value is -2.08. The average Bonchev–Trinajstić information content (AvgIpc) is 2.86. The van der Waals surface area contributed by atoms with E-state index in [0.29, 0.717) is 11.5 Å². The highest BCUT2D eigenvalue weighted by atomic mass is 79.9. The summed E-state index contributed by atoms with van der Waals surface area (Å²) in [5.41, 5.74) is 3.41. The van der Waals surface area contributed by atoms with Crippen LogP contribution in [0.4, 0.5) is 0 Å². The Kier molecular flexibility index (Phi) is 5.16. The first-order chi connectivity index (χ1) is 10.0. The first-order valence-corrected chi connectivity index (χ1v) is 7.11. The van der Waals surface area contributed by atoms with Gasteiger partial charge in [0.05, 0.1) is 6.21 Å². The lowest BCUT2D eigenvalue weighted by molar-refractivity contribution is -0.123. The zero-order valence-corrected chi connectivity index (χ0v) is 13.3. The number of hydrogen-bond acceptors (Lipinski definition) is 4. The Balaban J connectivity index is 1.79. The smallest absolute Gasteiger partial charge is 0.277 e. The predicted molar refractivity (Wildman–Crippen MR) is 83.6 cm³/mol. The molecule has 1 aromatic heterocycles. The fourth-order valence-corrected chi connectivity index (χ4v) is 1.83. The van der Waals surface area contributed by atoms with Gasteiger partial charge in [0.2, 0.25) is 0 Å². The minimum Gasteiger partial charge on any atom is -0.484 e. The second-order valence-corrected chi connectivity index (χ2v) is 5.30. The number of carbonyl (C=O) groups excluding carboxylic acids is 1. The van der Waals surface area contributed by atoms with E-state index in [2.05, 4.69) is 26.5 Å². The number of rotatable bonds is 5. The maximum absolute atomic E-state index is 11.6. The third kappa shape index (κ3) is 4.75. The van der Waals surface area contributed by atoms with Crippen LogP contribution < -0.4 is 10.2 Å². The van der Waals surface area contributed by atoms with Gasteiger partial charge in [0, 0.05) is 4.47 Å². The molecule has 21 heavy (non-hydrogen) atoms. The van der Waals surface area contributed by atoms with Crippen molar-refractivity contribution in [3.8, 4) is 5.75 Å². The zero-order chi connectivity index (χ0) is 15.2. The van der Waals surface area contributed by atoms with Crippen molar-refractivity contribution in [3.05, 3.63) is 51.9 Å². The molecule has 0 radical (unpaired) electrons. The molecule has 0 spiro atoms. The number of furan rings is 1. The zero-order valence-electron chi connectivity index (χ0n) is 11.7. The van der Waals surface area contributed by atoms with Crippen molar-refractivity contribution < 1.29 is 13.9 Å². The summed E-state index contributed by atoms with van der Waals surface area (Å²) >= 11 is 3.40. The Labute approximate surface area is 131 Å². The van der Waals surface area contributed by atoms with Crippen molar-refractivity contribution in [2.24, 2.45) is 5.10 Å². The van der Waals surface area contributed by atoms with Gasteiger partial charge in [-0.2, -0.15) is 5.10 Å². The van der Waals surface area contributed by atoms with Gasteiger partial charge in [0.25, 0.3) is 5.91 Å². The van der Waals surface area contributed by atoms with Gasteiger partial charge in [-0.25, -0.2) is 5.43 Å². The second-order valence-electron chi connectivity index (χ2n) is 4.44. The number of amides is 1. The summed E-state index contributed by atoms with van der Waals surface area (Å²) < 4.78 is 11.7. The first-order valence-electron chi connectivity index (χ1n) is 6.32. The van der Waals surface area contributed by atoms with Crippen LogP contribution in [0.1, 0.15) is 17.1 Å². The topological polar surface area (TPSA) is 63.8 Å². The number of nitrogens with one attached hydrogen (secondary N) is 1. The monoisotopic (exact) mass is 350 g/mol. The number of benzene rings is 1. The molecule has 2 aromatic rings. The van der Waals surface area contributed by atoms with Crippen molar-refractivity contribution in [3.63, 3.8) is 0 Å². The minimum absolute atomic E-state index is 0.102. The molecule has 0 atom stereocenters. The van der Waals surface area contributed by atoms with E-state index < -0.39 is 0 Å². The summed E-state index contributed by atoms with van der Waals surface area (Å²) in [6, 6.07) is 9.11. The van der Waals surface area contributed by atoms with Gasteiger partial charge < -0.3 is 9.15 Å². The van der Waals surface area contributed by atoms with Crippen LogP contribution in [0, 0.1) is 13.8 Å². The number of ether oxygens (including phenoxy) is 1. The van der Waals surface area contributed by atoms with E-state index in [1.165, 1.54) is 6.21 Å². The molecular formula is C15H15BrN2O3. The largest absolute Gasteiger partial charge is 0.484 e. The van der Waals surface area contributed by atoms with E-state index in [4.69, 9.17) is 9.15 Å². The van der Waals surface area contributed by atoms with Crippen molar-refractivity contribution in [2.45, 2.75) is 13.8 Å². The van der Waals surface area contributed by atoms with Crippen LogP contribution in [0.25, 0.3) is 0 Å². The molecule has 0 unspecified atom stereocenters. The van der Waals surface area contributed by atoms with Crippen LogP contribution in [0.5, 0.6) is 5.75 Å². The van der Waals surface area contributed by atoms with E-state index in [1.807, 2.05) is 32.0 Å². The molecule has 0 bridgehead atoms. The van der Waals surface area contributed by atoms with Crippen LogP contribution in [0.3, 0.4) is 0 Å². The molecule has 0 saturated heterocycles. The van der Waals surface area contributed by atoms with Gasteiger partial charge in [-0.15, -0.1) is 0 Å². The van der Waals surface area contributed by atoms with Gasteiger partial charge in [-0.1, -0.05) is 15.9 Å². The van der Waals surface area contributed by atoms with Crippen LogP contribution in [-0.4, -0.2) is 18.7 Å². The Morgan fingerprint density at radius 3 is 2.86 bits per heavy atom. The lowest BCUT2D eigenvalue weighted by atomic mass is 10.2. The van der Waals surface area contributed by atoms with Gasteiger partial charge in [-0.3, -0.25) is 4.79 Å². The van der Waals surface area contributed by atoms with Crippen LogP contribution in [0.15, 0.2) is 44.3 Å². The summed E-state index contributed by atoms with van der Waals surface area (Å²) in [4.78, 5) is 11.6. The maximum Gasteiger partial charge on any atom is 0.277 e. The lowest BCUT2D eigenvalue weighted by Gasteiger charge is -2.06. The minimum atomic E-state index is -0.338. The van der Waals surface area contributed by atoms with Crippen molar-refractivity contribution in [2.75, 3.05) is 6.61 Å². The molecule has 0 aliphatic rings. The van der Waals surface area contributed by atoms with E-state index in [9.17, 15) is 4.79 Å². The quantitative estimate of drug-likeness (QED) is 0.665. The van der Waals surface area contributed by atoms with Gasteiger partial charge >= 0.3 is 0 Å². The summed E-state index contributed by atoms with van der Waals surface area (Å²) in [7, 11) is 0. The van der Waals surface area contributed by atoms with Crippen LogP contribution >= 0.6 is 15.9 Å². The number of aryl methyl sites for hydroxylation is 2. The Bertz CT molecular complexity index is 665. The number of nitrogens with zero attached hydrogens (tertiary/aromatic N) is 1.